The molecule has 7 heteroatoms. The van der Waals surface area contributed by atoms with Gasteiger partial charge in [-0.15, -0.1) is 0 Å². The lowest BCUT2D eigenvalue weighted by Crippen LogP contribution is -2.28. The van der Waals surface area contributed by atoms with Gasteiger partial charge in [0.1, 0.15) is 12.4 Å². The first-order chi connectivity index (χ1) is 11.0. The van der Waals surface area contributed by atoms with Gasteiger partial charge in [-0.3, -0.25) is 4.79 Å². The lowest BCUT2D eigenvalue weighted by Gasteiger charge is -2.09. The van der Waals surface area contributed by atoms with Gasteiger partial charge in [-0.2, -0.15) is 0 Å². The van der Waals surface area contributed by atoms with E-state index in [4.69, 9.17) is 9.84 Å². The largest absolute Gasteiger partial charge is 0.489 e. The number of carbonyl (C=O) groups excluding carboxylic acids is 1. The highest BCUT2D eigenvalue weighted by Gasteiger charge is 2.09. The first-order valence-electron chi connectivity index (χ1n) is 6.67. The Kier molecular flexibility index (Phi) is 5.24. The van der Waals surface area contributed by atoms with Gasteiger partial charge in [0, 0.05) is 11.6 Å². The summed E-state index contributed by atoms with van der Waals surface area (Å²) in [6.07, 6.45) is 0. The second kappa shape index (κ2) is 7.35. The number of carbonyl (C=O) groups is 2. The molecule has 5 nitrogen and oxygen atoms in total. The molecule has 0 bridgehead atoms. The van der Waals surface area contributed by atoms with Crippen LogP contribution in [-0.4, -0.2) is 30.1 Å². The highest BCUT2D eigenvalue weighted by molar-refractivity contribution is 5.97. The summed E-state index contributed by atoms with van der Waals surface area (Å²) in [5, 5.41) is 11.4. The molecule has 0 aliphatic carbocycles. The third-order valence-electron chi connectivity index (χ3n) is 2.91. The quantitative estimate of drug-likeness (QED) is 0.802. The number of hydrogen-bond donors (Lipinski definition) is 2. The summed E-state index contributed by atoms with van der Waals surface area (Å²) >= 11 is 0. The number of ether oxygens (including phenoxy) is 1. The van der Waals surface area contributed by atoms with Crippen LogP contribution in [0.3, 0.4) is 0 Å². The minimum absolute atomic E-state index is 0.00211. The van der Waals surface area contributed by atoms with E-state index < -0.39 is 23.5 Å². The van der Waals surface area contributed by atoms with Crippen molar-refractivity contribution in [2.75, 3.05) is 13.2 Å². The first-order valence-corrected chi connectivity index (χ1v) is 6.67. The number of aromatic carboxylic acids is 1. The van der Waals surface area contributed by atoms with Gasteiger partial charge in [-0.1, -0.05) is 6.07 Å². The Balaban J connectivity index is 1.85. The molecule has 0 aliphatic rings. The fraction of sp³-hybridized carbons (Fsp3) is 0.125. The number of halogens is 2. The van der Waals surface area contributed by atoms with E-state index in [0.717, 1.165) is 12.1 Å². The van der Waals surface area contributed by atoms with Gasteiger partial charge in [0.2, 0.25) is 0 Å². The Morgan fingerprint density at radius 2 is 1.83 bits per heavy atom. The minimum atomic E-state index is -1.13. The van der Waals surface area contributed by atoms with Crippen molar-refractivity contribution in [2.24, 2.45) is 0 Å². The lowest BCUT2D eigenvalue weighted by atomic mass is 10.1. The molecule has 0 fully saturated rings. The van der Waals surface area contributed by atoms with Crippen LogP contribution in [0, 0.1) is 11.6 Å². The van der Waals surface area contributed by atoms with Crippen LogP contribution in [0.15, 0.2) is 42.5 Å². The average Bonchev–Trinajstić information content (AvgIpc) is 2.53. The van der Waals surface area contributed by atoms with Crippen LogP contribution >= 0.6 is 0 Å². The number of carboxylic acids is 1. The predicted octanol–water partition coefficient (Wildman–Crippen LogP) is 2.47. The first kappa shape index (κ1) is 16.4. The molecule has 0 radical (unpaired) electrons. The molecule has 0 atom stereocenters. The van der Waals surface area contributed by atoms with Gasteiger partial charge in [-0.25, -0.2) is 13.6 Å². The summed E-state index contributed by atoms with van der Waals surface area (Å²) in [6.45, 7) is 0.0554. The van der Waals surface area contributed by atoms with Gasteiger partial charge < -0.3 is 15.2 Å². The van der Waals surface area contributed by atoms with E-state index in [9.17, 15) is 18.4 Å². The van der Waals surface area contributed by atoms with Crippen molar-refractivity contribution >= 4 is 11.9 Å². The monoisotopic (exact) mass is 321 g/mol. The molecule has 0 saturated carbocycles. The number of nitrogens with one attached hydrogen (secondary N) is 1. The van der Waals surface area contributed by atoms with Gasteiger partial charge in [0.25, 0.3) is 5.91 Å². The minimum Gasteiger partial charge on any atom is -0.489 e. The van der Waals surface area contributed by atoms with E-state index in [0.29, 0.717) is 6.07 Å². The standard InChI is InChI=1S/C16H13F2NO4/c17-12-4-5-14(13(18)9-12)23-7-6-19-15(20)10-2-1-3-11(8-10)16(21)22/h1-5,8-9H,6-7H2,(H,19,20)(H,21,22). The third kappa shape index (κ3) is 4.50. The van der Waals surface area contributed by atoms with Crippen molar-refractivity contribution in [2.45, 2.75) is 0 Å². The van der Waals surface area contributed by atoms with Gasteiger partial charge in [-0.05, 0) is 30.3 Å². The molecule has 2 aromatic carbocycles. The molecule has 2 aromatic rings. The maximum absolute atomic E-state index is 13.3. The normalized spacial score (nSPS) is 10.2. The zero-order valence-electron chi connectivity index (χ0n) is 11.9. The third-order valence-corrected chi connectivity index (χ3v) is 2.91. The van der Waals surface area contributed by atoms with E-state index in [1.165, 1.54) is 24.3 Å². The molecule has 120 valence electrons. The highest BCUT2D eigenvalue weighted by atomic mass is 19.1. The fourth-order valence-electron chi connectivity index (χ4n) is 1.81. The Morgan fingerprint density at radius 1 is 1.09 bits per heavy atom. The molecule has 0 spiro atoms. The Morgan fingerprint density at radius 3 is 2.52 bits per heavy atom. The van der Waals surface area contributed by atoms with Crippen molar-refractivity contribution in [3.05, 3.63) is 65.2 Å². The molecule has 0 aliphatic heterocycles. The van der Waals surface area contributed by atoms with E-state index >= 15 is 0 Å². The second-order valence-corrected chi connectivity index (χ2v) is 4.57. The summed E-state index contributed by atoms with van der Waals surface area (Å²) in [5.41, 5.74) is 0.195. The van der Waals surface area contributed by atoms with Crippen molar-refractivity contribution < 1.29 is 28.2 Å². The maximum Gasteiger partial charge on any atom is 0.335 e. The molecule has 2 rings (SSSR count). The summed E-state index contributed by atoms with van der Waals surface area (Å²) in [7, 11) is 0. The molecule has 0 aromatic heterocycles. The SMILES string of the molecule is O=C(O)c1cccc(C(=O)NCCOc2ccc(F)cc2F)c1. The Bertz CT molecular complexity index is 734. The molecule has 0 heterocycles. The van der Waals surface area contributed by atoms with Crippen LogP contribution in [0.1, 0.15) is 20.7 Å². The van der Waals surface area contributed by atoms with Crippen LogP contribution in [0.4, 0.5) is 8.78 Å². The topological polar surface area (TPSA) is 75.6 Å². The van der Waals surface area contributed by atoms with Crippen molar-refractivity contribution in [1.29, 1.82) is 0 Å². The van der Waals surface area contributed by atoms with Crippen LogP contribution in [0.25, 0.3) is 0 Å². The Hall–Kier alpha value is -2.96. The van der Waals surface area contributed by atoms with E-state index in [2.05, 4.69) is 5.32 Å². The highest BCUT2D eigenvalue weighted by Crippen LogP contribution is 2.17. The van der Waals surface area contributed by atoms with Crippen molar-refractivity contribution in [1.82, 2.24) is 5.32 Å². The molecule has 2 N–H and O–H groups in total. The van der Waals surface area contributed by atoms with Crippen LogP contribution in [-0.2, 0) is 0 Å². The molecule has 23 heavy (non-hydrogen) atoms. The molecule has 0 unspecified atom stereocenters. The number of rotatable bonds is 6. The number of benzene rings is 2. The molecular weight excluding hydrogens is 308 g/mol. The zero-order chi connectivity index (χ0) is 16.8. The van der Waals surface area contributed by atoms with E-state index in [1.54, 1.807) is 0 Å². The maximum atomic E-state index is 13.3. The molecule has 1 amide bonds. The summed E-state index contributed by atoms with van der Waals surface area (Å²) in [6, 6.07) is 8.48. The molecular formula is C16H13F2NO4. The van der Waals surface area contributed by atoms with Gasteiger partial charge in [0.05, 0.1) is 12.1 Å². The van der Waals surface area contributed by atoms with Crippen molar-refractivity contribution in [3.63, 3.8) is 0 Å². The van der Waals surface area contributed by atoms with Gasteiger partial charge >= 0.3 is 5.97 Å². The van der Waals surface area contributed by atoms with Crippen LogP contribution in [0.5, 0.6) is 5.75 Å². The van der Waals surface area contributed by atoms with Crippen LogP contribution in [0.2, 0.25) is 0 Å². The smallest absolute Gasteiger partial charge is 0.335 e. The number of amides is 1. The molecule has 0 saturated heterocycles. The summed E-state index contributed by atoms with van der Waals surface area (Å²) < 4.78 is 31.1. The summed E-state index contributed by atoms with van der Waals surface area (Å²) in [5.74, 6) is -3.26. The Labute approximate surface area is 130 Å². The lowest BCUT2D eigenvalue weighted by molar-refractivity contribution is 0.0697. The van der Waals surface area contributed by atoms with Crippen LogP contribution < -0.4 is 10.1 Å². The van der Waals surface area contributed by atoms with Crippen molar-refractivity contribution in [3.8, 4) is 5.75 Å². The zero-order valence-corrected chi connectivity index (χ0v) is 11.9. The number of hydrogen-bond acceptors (Lipinski definition) is 3. The number of carboxylic acid groups (broad SMARTS) is 1. The predicted molar refractivity (Wildman–Crippen MR) is 77.6 cm³/mol. The van der Waals surface area contributed by atoms with E-state index in [-0.39, 0.29) is 30.0 Å². The average molecular weight is 321 g/mol. The van der Waals surface area contributed by atoms with E-state index in [1.807, 2.05) is 0 Å². The summed E-state index contributed by atoms with van der Waals surface area (Å²) in [4.78, 5) is 22.7. The van der Waals surface area contributed by atoms with Gasteiger partial charge in [0.15, 0.2) is 11.6 Å². The fourth-order valence-corrected chi connectivity index (χ4v) is 1.81. The second-order valence-electron chi connectivity index (χ2n) is 4.57.